The summed E-state index contributed by atoms with van der Waals surface area (Å²) >= 11 is 0.864. The minimum absolute atomic E-state index is 0.193. The van der Waals surface area contributed by atoms with E-state index < -0.39 is 11.1 Å². The molecule has 0 N–H and O–H groups in total. The van der Waals surface area contributed by atoms with Crippen molar-refractivity contribution in [2.75, 3.05) is 26.7 Å². The van der Waals surface area contributed by atoms with Crippen LogP contribution in [-0.4, -0.2) is 53.6 Å². The second-order valence-electron chi connectivity index (χ2n) is 5.92. The SMILES string of the molecule is CCCN(CCC)C(=O)CN1C(=O)S/C(=C\c2ccc(OC)cc2)C1=O. The molecule has 2 rings (SSSR count). The zero-order valence-corrected chi connectivity index (χ0v) is 16.2. The first kappa shape index (κ1) is 20.0. The molecule has 1 saturated heterocycles. The predicted octanol–water partition coefficient (Wildman–Crippen LogP) is 3.38. The van der Waals surface area contributed by atoms with E-state index >= 15 is 0 Å². The van der Waals surface area contributed by atoms with Crippen LogP contribution in [0.25, 0.3) is 6.08 Å². The van der Waals surface area contributed by atoms with E-state index in [9.17, 15) is 14.4 Å². The lowest BCUT2D eigenvalue weighted by molar-refractivity contribution is -0.135. The lowest BCUT2D eigenvalue weighted by Gasteiger charge is -2.23. The smallest absolute Gasteiger partial charge is 0.294 e. The molecular formula is C19H24N2O4S. The van der Waals surface area contributed by atoms with Gasteiger partial charge >= 0.3 is 0 Å². The van der Waals surface area contributed by atoms with Crippen LogP contribution < -0.4 is 4.74 Å². The van der Waals surface area contributed by atoms with E-state index in [-0.39, 0.29) is 12.5 Å². The number of ether oxygens (including phenoxy) is 1. The normalized spacial score (nSPS) is 15.7. The highest BCUT2D eigenvalue weighted by molar-refractivity contribution is 8.18. The number of carbonyl (C=O) groups is 3. The lowest BCUT2D eigenvalue weighted by atomic mass is 10.2. The fourth-order valence-electron chi connectivity index (χ4n) is 2.62. The van der Waals surface area contributed by atoms with Crippen LogP contribution in [0.1, 0.15) is 32.3 Å². The van der Waals surface area contributed by atoms with Gasteiger partial charge in [0.2, 0.25) is 5.91 Å². The Balaban J connectivity index is 2.09. The molecule has 0 spiro atoms. The average molecular weight is 376 g/mol. The second kappa shape index (κ2) is 9.43. The number of thioether (sulfide) groups is 1. The van der Waals surface area contributed by atoms with Gasteiger partial charge in [-0.15, -0.1) is 0 Å². The van der Waals surface area contributed by atoms with Crippen molar-refractivity contribution in [3.63, 3.8) is 0 Å². The van der Waals surface area contributed by atoms with Crippen molar-refractivity contribution in [2.45, 2.75) is 26.7 Å². The van der Waals surface area contributed by atoms with Crippen LogP contribution in [0.3, 0.4) is 0 Å². The number of benzene rings is 1. The number of rotatable bonds is 8. The minimum Gasteiger partial charge on any atom is -0.497 e. The van der Waals surface area contributed by atoms with Gasteiger partial charge in [0.05, 0.1) is 12.0 Å². The van der Waals surface area contributed by atoms with Crippen molar-refractivity contribution in [1.29, 1.82) is 0 Å². The summed E-state index contributed by atoms with van der Waals surface area (Å²) in [7, 11) is 1.58. The van der Waals surface area contributed by atoms with Gasteiger partial charge in [-0.25, -0.2) is 0 Å². The van der Waals surface area contributed by atoms with Gasteiger partial charge in [-0.1, -0.05) is 26.0 Å². The number of methoxy groups -OCH3 is 1. The van der Waals surface area contributed by atoms with Crippen LogP contribution in [-0.2, 0) is 9.59 Å². The van der Waals surface area contributed by atoms with Crippen molar-refractivity contribution in [1.82, 2.24) is 9.80 Å². The second-order valence-corrected chi connectivity index (χ2v) is 6.91. The molecule has 0 aromatic heterocycles. The Morgan fingerprint density at radius 1 is 1.15 bits per heavy atom. The summed E-state index contributed by atoms with van der Waals surface area (Å²) < 4.78 is 5.10. The van der Waals surface area contributed by atoms with E-state index in [1.165, 1.54) is 0 Å². The molecule has 1 fully saturated rings. The molecule has 0 radical (unpaired) electrons. The Hall–Kier alpha value is -2.28. The van der Waals surface area contributed by atoms with Gasteiger partial charge in [0, 0.05) is 13.1 Å². The summed E-state index contributed by atoms with van der Waals surface area (Å²) in [6.07, 6.45) is 3.33. The fourth-order valence-corrected chi connectivity index (χ4v) is 3.46. The van der Waals surface area contributed by atoms with Gasteiger partial charge < -0.3 is 9.64 Å². The molecule has 0 saturated carbocycles. The number of carbonyl (C=O) groups excluding carboxylic acids is 3. The molecule has 0 atom stereocenters. The number of hydrogen-bond acceptors (Lipinski definition) is 5. The molecule has 26 heavy (non-hydrogen) atoms. The van der Waals surface area contributed by atoms with Crippen molar-refractivity contribution in [2.24, 2.45) is 0 Å². The molecule has 1 aliphatic rings. The summed E-state index contributed by atoms with van der Waals surface area (Å²) in [5.74, 6) is 0.103. The average Bonchev–Trinajstić information content (AvgIpc) is 2.89. The molecule has 7 heteroatoms. The van der Waals surface area contributed by atoms with E-state index in [1.54, 1.807) is 30.2 Å². The van der Waals surface area contributed by atoms with E-state index in [0.29, 0.717) is 23.7 Å². The fraction of sp³-hybridized carbons (Fsp3) is 0.421. The maximum absolute atomic E-state index is 12.5. The third kappa shape index (κ3) is 4.88. The lowest BCUT2D eigenvalue weighted by Crippen LogP contribution is -2.42. The first-order chi connectivity index (χ1) is 12.5. The van der Waals surface area contributed by atoms with Gasteiger partial charge in [0.25, 0.3) is 11.1 Å². The number of imide groups is 1. The Bertz CT molecular complexity index is 694. The molecule has 1 aromatic rings. The first-order valence-corrected chi connectivity index (χ1v) is 9.49. The molecule has 1 heterocycles. The summed E-state index contributed by atoms with van der Waals surface area (Å²) in [4.78, 5) is 40.2. The molecule has 0 aliphatic carbocycles. The largest absolute Gasteiger partial charge is 0.497 e. The molecule has 3 amide bonds. The summed E-state index contributed by atoms with van der Waals surface area (Å²) in [5, 5.41) is -0.406. The summed E-state index contributed by atoms with van der Waals surface area (Å²) in [6, 6.07) is 7.18. The zero-order valence-electron chi connectivity index (χ0n) is 15.4. The molecule has 1 aliphatic heterocycles. The highest BCUT2D eigenvalue weighted by Gasteiger charge is 2.36. The molecule has 140 valence electrons. The van der Waals surface area contributed by atoms with Crippen LogP contribution in [0.2, 0.25) is 0 Å². The van der Waals surface area contributed by atoms with Crippen molar-refractivity contribution in [3.8, 4) is 5.75 Å². The van der Waals surface area contributed by atoms with Crippen molar-refractivity contribution in [3.05, 3.63) is 34.7 Å². The van der Waals surface area contributed by atoms with Crippen LogP contribution in [0.4, 0.5) is 4.79 Å². The quantitative estimate of drug-likeness (QED) is 0.651. The predicted molar refractivity (Wildman–Crippen MR) is 103 cm³/mol. The van der Waals surface area contributed by atoms with Crippen molar-refractivity contribution < 1.29 is 19.1 Å². The Labute approximate surface area is 158 Å². The van der Waals surface area contributed by atoms with Gasteiger partial charge in [-0.2, -0.15) is 0 Å². The van der Waals surface area contributed by atoms with Crippen LogP contribution >= 0.6 is 11.8 Å². The van der Waals surface area contributed by atoms with Crippen LogP contribution in [0.5, 0.6) is 5.75 Å². The topological polar surface area (TPSA) is 66.9 Å². The highest BCUT2D eigenvalue weighted by atomic mass is 32.2. The van der Waals surface area contributed by atoms with E-state index in [0.717, 1.165) is 35.1 Å². The van der Waals surface area contributed by atoms with Crippen LogP contribution in [0, 0.1) is 0 Å². The highest BCUT2D eigenvalue weighted by Crippen LogP contribution is 2.32. The van der Waals surface area contributed by atoms with Crippen LogP contribution in [0.15, 0.2) is 29.2 Å². The zero-order chi connectivity index (χ0) is 19.1. The Morgan fingerprint density at radius 3 is 2.31 bits per heavy atom. The van der Waals surface area contributed by atoms with Gasteiger partial charge in [-0.05, 0) is 48.4 Å². The summed E-state index contributed by atoms with van der Waals surface area (Å²) in [5.41, 5.74) is 0.793. The van der Waals surface area contributed by atoms with Gasteiger partial charge in [0.15, 0.2) is 0 Å². The number of nitrogens with zero attached hydrogens (tertiary/aromatic N) is 2. The minimum atomic E-state index is -0.419. The molecule has 0 unspecified atom stereocenters. The number of hydrogen-bond donors (Lipinski definition) is 0. The molecule has 1 aromatic carbocycles. The first-order valence-electron chi connectivity index (χ1n) is 8.67. The monoisotopic (exact) mass is 376 g/mol. The van der Waals surface area contributed by atoms with Gasteiger partial charge in [-0.3, -0.25) is 19.3 Å². The van der Waals surface area contributed by atoms with E-state index in [4.69, 9.17) is 4.74 Å². The Kier molecular flexibility index (Phi) is 7.26. The number of amides is 3. The van der Waals surface area contributed by atoms with E-state index in [2.05, 4.69) is 0 Å². The van der Waals surface area contributed by atoms with Crippen molar-refractivity contribution >= 4 is 34.9 Å². The maximum Gasteiger partial charge on any atom is 0.294 e. The molecule has 0 bridgehead atoms. The maximum atomic E-state index is 12.5. The van der Waals surface area contributed by atoms with Gasteiger partial charge in [0.1, 0.15) is 12.3 Å². The molecular weight excluding hydrogens is 352 g/mol. The van der Waals surface area contributed by atoms with E-state index in [1.807, 2.05) is 26.0 Å². The third-order valence-corrected chi connectivity index (χ3v) is 4.83. The third-order valence-electron chi connectivity index (χ3n) is 3.92. The Morgan fingerprint density at radius 2 is 1.77 bits per heavy atom. The standard InChI is InChI=1S/C19H24N2O4S/c1-4-10-20(11-5-2)17(22)13-21-18(23)16(26-19(21)24)12-14-6-8-15(25-3)9-7-14/h6-9,12H,4-5,10-11,13H2,1-3H3/b16-12-. The summed E-state index contributed by atoms with van der Waals surface area (Å²) in [6.45, 7) is 5.04. The molecule has 6 nitrogen and oxygen atoms in total.